The van der Waals surface area contributed by atoms with Gasteiger partial charge in [-0.2, -0.15) is 0 Å². The summed E-state index contributed by atoms with van der Waals surface area (Å²) in [6.07, 6.45) is 3.64. The molecule has 2 saturated heterocycles. The average molecular weight is 381 g/mol. The Morgan fingerprint density at radius 3 is 2.31 bits per heavy atom. The Labute approximate surface area is 155 Å². The van der Waals surface area contributed by atoms with E-state index in [9.17, 15) is 13.2 Å². The number of piperidine rings is 1. The van der Waals surface area contributed by atoms with Crippen molar-refractivity contribution < 1.29 is 17.9 Å². The van der Waals surface area contributed by atoms with E-state index in [-0.39, 0.29) is 17.9 Å². The van der Waals surface area contributed by atoms with E-state index in [2.05, 4.69) is 10.2 Å². The van der Waals surface area contributed by atoms with Crippen LogP contribution in [0.25, 0.3) is 0 Å². The number of ether oxygens (including phenoxy) is 1. The first-order valence-corrected chi connectivity index (χ1v) is 10.9. The number of sulfonamides is 1. The van der Waals surface area contributed by atoms with Gasteiger partial charge in [0.1, 0.15) is 0 Å². The summed E-state index contributed by atoms with van der Waals surface area (Å²) in [6, 6.07) is 7.86. The van der Waals surface area contributed by atoms with Crippen LogP contribution in [0.1, 0.15) is 19.3 Å². The predicted octanol–water partition coefficient (Wildman–Crippen LogP) is 1.52. The van der Waals surface area contributed by atoms with Crippen LogP contribution in [0.4, 0.5) is 11.4 Å². The molecule has 0 spiro atoms. The van der Waals surface area contributed by atoms with Crippen molar-refractivity contribution in [3.8, 4) is 0 Å². The van der Waals surface area contributed by atoms with Crippen molar-refractivity contribution >= 4 is 27.3 Å². The Balaban J connectivity index is 1.52. The number of methoxy groups -OCH3 is 1. The molecule has 1 N–H and O–H groups in total. The molecule has 2 fully saturated rings. The van der Waals surface area contributed by atoms with E-state index in [4.69, 9.17) is 4.74 Å². The van der Waals surface area contributed by atoms with Crippen LogP contribution in [0.5, 0.6) is 0 Å². The number of nitrogens with zero attached hydrogens (tertiary/aromatic N) is 2. The highest BCUT2D eigenvalue weighted by molar-refractivity contribution is 7.88. The summed E-state index contributed by atoms with van der Waals surface area (Å²) >= 11 is 0. The highest BCUT2D eigenvalue weighted by atomic mass is 32.2. The minimum absolute atomic E-state index is 0.0356. The van der Waals surface area contributed by atoms with E-state index >= 15 is 0 Å². The van der Waals surface area contributed by atoms with E-state index in [0.717, 1.165) is 30.9 Å². The van der Waals surface area contributed by atoms with E-state index in [1.807, 2.05) is 24.3 Å². The minimum Gasteiger partial charge on any atom is -0.380 e. The normalized spacial score (nSPS) is 22.5. The molecule has 0 aromatic heterocycles. The first-order valence-electron chi connectivity index (χ1n) is 9.00. The molecule has 1 aromatic rings. The summed E-state index contributed by atoms with van der Waals surface area (Å²) in [6.45, 7) is 2.68. The number of hydrogen-bond acceptors (Lipinski definition) is 5. The zero-order valence-electron chi connectivity index (χ0n) is 15.3. The Morgan fingerprint density at radius 1 is 1.12 bits per heavy atom. The Bertz CT molecular complexity index is 727. The van der Waals surface area contributed by atoms with Crippen molar-refractivity contribution in [2.45, 2.75) is 25.4 Å². The smallest absolute Gasteiger partial charge is 0.227 e. The van der Waals surface area contributed by atoms with Crippen molar-refractivity contribution in [3.63, 3.8) is 0 Å². The van der Waals surface area contributed by atoms with Gasteiger partial charge in [-0.3, -0.25) is 4.79 Å². The molecule has 8 heteroatoms. The van der Waals surface area contributed by atoms with Gasteiger partial charge in [0.05, 0.1) is 12.4 Å². The van der Waals surface area contributed by atoms with Crippen molar-refractivity contribution in [2.24, 2.45) is 5.92 Å². The molecule has 2 aliphatic rings. The molecule has 0 unspecified atom stereocenters. The quantitative estimate of drug-likeness (QED) is 0.837. The molecule has 1 amide bonds. The standard InChI is InChI=1S/C18H27N3O4S/c1-25-17-9-10-20(13-17)16-5-3-15(4-6-16)19-18(22)14-7-11-21(12-8-14)26(2,23)24/h3-6,14,17H,7-13H2,1-2H3,(H,19,22)/t17-/m0/s1. The van der Waals surface area contributed by atoms with Gasteiger partial charge in [0.25, 0.3) is 0 Å². The largest absolute Gasteiger partial charge is 0.380 e. The van der Waals surface area contributed by atoms with E-state index in [0.29, 0.717) is 25.9 Å². The van der Waals surface area contributed by atoms with Crippen LogP contribution in [0, 0.1) is 5.92 Å². The fraction of sp³-hybridized carbons (Fsp3) is 0.611. The first kappa shape index (κ1) is 19.1. The molecule has 144 valence electrons. The molecule has 0 aliphatic carbocycles. The minimum atomic E-state index is -3.16. The van der Waals surface area contributed by atoms with Crippen LogP contribution in [-0.4, -0.2) is 64.3 Å². The summed E-state index contributed by atoms with van der Waals surface area (Å²) in [7, 11) is -1.42. The van der Waals surface area contributed by atoms with E-state index < -0.39 is 10.0 Å². The lowest BCUT2D eigenvalue weighted by atomic mass is 9.97. The summed E-state index contributed by atoms with van der Waals surface area (Å²) in [5.74, 6) is -0.180. The third-order valence-electron chi connectivity index (χ3n) is 5.27. The molecule has 2 aliphatic heterocycles. The molecule has 0 saturated carbocycles. The fourth-order valence-electron chi connectivity index (χ4n) is 3.60. The Hall–Kier alpha value is -1.64. The first-order chi connectivity index (χ1) is 12.4. The molecule has 7 nitrogen and oxygen atoms in total. The van der Waals surface area contributed by atoms with Crippen LogP contribution in [-0.2, 0) is 19.6 Å². The number of carbonyl (C=O) groups excluding carboxylic acids is 1. The Morgan fingerprint density at radius 2 is 1.77 bits per heavy atom. The van der Waals surface area contributed by atoms with Gasteiger partial charge in [-0.25, -0.2) is 12.7 Å². The molecule has 2 heterocycles. The third-order valence-corrected chi connectivity index (χ3v) is 6.58. The second-order valence-corrected chi connectivity index (χ2v) is 9.05. The summed E-state index contributed by atoms with van der Waals surface area (Å²) in [5.41, 5.74) is 1.90. The second kappa shape index (κ2) is 7.94. The third kappa shape index (κ3) is 4.55. The summed E-state index contributed by atoms with van der Waals surface area (Å²) in [5, 5.41) is 2.95. The second-order valence-electron chi connectivity index (χ2n) is 7.06. The van der Waals surface area contributed by atoms with Crippen LogP contribution < -0.4 is 10.2 Å². The maximum Gasteiger partial charge on any atom is 0.227 e. The van der Waals surface area contributed by atoms with Gasteiger partial charge < -0.3 is 15.0 Å². The lowest BCUT2D eigenvalue weighted by Crippen LogP contribution is -2.40. The molecule has 26 heavy (non-hydrogen) atoms. The lowest BCUT2D eigenvalue weighted by molar-refractivity contribution is -0.120. The van der Waals surface area contributed by atoms with Gasteiger partial charge in [-0.15, -0.1) is 0 Å². The number of hydrogen-bond donors (Lipinski definition) is 1. The van der Waals surface area contributed by atoms with Crippen molar-refractivity contribution in [1.29, 1.82) is 0 Å². The van der Waals surface area contributed by atoms with Crippen molar-refractivity contribution in [3.05, 3.63) is 24.3 Å². The van der Waals surface area contributed by atoms with Gasteiger partial charge in [-0.1, -0.05) is 0 Å². The van der Waals surface area contributed by atoms with Crippen LogP contribution in [0.15, 0.2) is 24.3 Å². The lowest BCUT2D eigenvalue weighted by Gasteiger charge is -2.29. The molecule has 1 atom stereocenters. The number of amides is 1. The average Bonchev–Trinajstić information content (AvgIpc) is 3.11. The number of anilines is 2. The fourth-order valence-corrected chi connectivity index (χ4v) is 4.48. The van der Waals surface area contributed by atoms with Gasteiger partial charge in [0.15, 0.2) is 0 Å². The van der Waals surface area contributed by atoms with Crippen LogP contribution in [0.2, 0.25) is 0 Å². The zero-order valence-corrected chi connectivity index (χ0v) is 16.2. The number of benzene rings is 1. The monoisotopic (exact) mass is 381 g/mol. The predicted molar refractivity (Wildman–Crippen MR) is 102 cm³/mol. The van der Waals surface area contributed by atoms with E-state index in [1.165, 1.54) is 10.6 Å². The molecule has 1 aromatic carbocycles. The van der Waals surface area contributed by atoms with Gasteiger partial charge in [0, 0.05) is 50.6 Å². The van der Waals surface area contributed by atoms with Gasteiger partial charge in [-0.05, 0) is 43.5 Å². The summed E-state index contributed by atoms with van der Waals surface area (Å²) < 4.78 is 29.9. The van der Waals surface area contributed by atoms with E-state index in [1.54, 1.807) is 7.11 Å². The maximum absolute atomic E-state index is 12.4. The molecule has 0 bridgehead atoms. The number of nitrogens with one attached hydrogen (secondary N) is 1. The van der Waals surface area contributed by atoms with Gasteiger partial charge >= 0.3 is 0 Å². The maximum atomic E-state index is 12.4. The molecule has 0 radical (unpaired) electrons. The number of carbonyl (C=O) groups is 1. The van der Waals surface area contributed by atoms with Crippen molar-refractivity contribution in [1.82, 2.24) is 4.31 Å². The zero-order chi connectivity index (χ0) is 18.7. The molecular weight excluding hydrogens is 354 g/mol. The SMILES string of the molecule is CO[C@H]1CCN(c2ccc(NC(=O)C3CCN(S(C)(=O)=O)CC3)cc2)C1. The molecular formula is C18H27N3O4S. The van der Waals surface area contributed by atoms with Gasteiger partial charge in [0.2, 0.25) is 15.9 Å². The highest BCUT2D eigenvalue weighted by Gasteiger charge is 2.29. The van der Waals surface area contributed by atoms with Crippen LogP contribution in [0.3, 0.4) is 0 Å². The highest BCUT2D eigenvalue weighted by Crippen LogP contribution is 2.25. The number of rotatable bonds is 5. The van der Waals surface area contributed by atoms with Crippen LogP contribution >= 0.6 is 0 Å². The topological polar surface area (TPSA) is 79.0 Å². The molecule has 3 rings (SSSR count). The van der Waals surface area contributed by atoms with Crippen molar-refractivity contribution in [2.75, 3.05) is 49.8 Å². The Kier molecular flexibility index (Phi) is 5.84. The summed E-state index contributed by atoms with van der Waals surface area (Å²) in [4.78, 5) is 14.7.